The lowest BCUT2D eigenvalue weighted by Gasteiger charge is -2.06. The number of rotatable bonds is 4. The quantitative estimate of drug-likeness (QED) is 0.887. The highest BCUT2D eigenvalue weighted by Gasteiger charge is 2.07. The van der Waals surface area contributed by atoms with Crippen molar-refractivity contribution < 1.29 is 4.42 Å². The Balaban J connectivity index is 0.00000128. The SMILES string of the molecule is CCC[C@H](N)Cc1cc2ccccc2o1.Cl. The molecule has 2 nitrogen and oxygen atoms in total. The zero-order valence-electron chi connectivity index (χ0n) is 9.48. The van der Waals surface area contributed by atoms with E-state index in [1.165, 1.54) is 0 Å². The van der Waals surface area contributed by atoms with Gasteiger partial charge < -0.3 is 10.2 Å². The van der Waals surface area contributed by atoms with Crippen molar-refractivity contribution in [3.63, 3.8) is 0 Å². The molecule has 0 saturated carbocycles. The van der Waals surface area contributed by atoms with Crippen molar-refractivity contribution in [1.82, 2.24) is 0 Å². The van der Waals surface area contributed by atoms with E-state index in [2.05, 4.69) is 19.1 Å². The van der Waals surface area contributed by atoms with E-state index in [4.69, 9.17) is 10.2 Å². The molecule has 0 aliphatic rings. The third-order valence-electron chi connectivity index (χ3n) is 2.60. The van der Waals surface area contributed by atoms with E-state index in [1.54, 1.807) is 0 Å². The maximum absolute atomic E-state index is 5.98. The molecule has 1 atom stereocenters. The van der Waals surface area contributed by atoms with Crippen LogP contribution in [-0.4, -0.2) is 6.04 Å². The molecule has 88 valence electrons. The van der Waals surface area contributed by atoms with Crippen molar-refractivity contribution in [2.75, 3.05) is 0 Å². The Morgan fingerprint density at radius 3 is 2.75 bits per heavy atom. The molecule has 16 heavy (non-hydrogen) atoms. The molecule has 0 aliphatic heterocycles. The van der Waals surface area contributed by atoms with E-state index in [0.717, 1.165) is 36.0 Å². The van der Waals surface area contributed by atoms with Crippen LogP contribution in [0.4, 0.5) is 0 Å². The van der Waals surface area contributed by atoms with Crippen LogP contribution >= 0.6 is 12.4 Å². The van der Waals surface area contributed by atoms with Gasteiger partial charge in [0.25, 0.3) is 0 Å². The van der Waals surface area contributed by atoms with Crippen LogP contribution in [-0.2, 0) is 6.42 Å². The van der Waals surface area contributed by atoms with Crippen molar-refractivity contribution in [2.45, 2.75) is 32.2 Å². The summed E-state index contributed by atoms with van der Waals surface area (Å²) in [6.45, 7) is 2.15. The summed E-state index contributed by atoms with van der Waals surface area (Å²) < 4.78 is 5.71. The topological polar surface area (TPSA) is 39.2 Å². The second-order valence-corrected chi connectivity index (χ2v) is 4.00. The number of hydrogen-bond acceptors (Lipinski definition) is 2. The van der Waals surface area contributed by atoms with Gasteiger partial charge in [0.1, 0.15) is 11.3 Å². The summed E-state index contributed by atoms with van der Waals surface area (Å²) in [5.41, 5.74) is 6.93. The van der Waals surface area contributed by atoms with Crippen molar-refractivity contribution in [3.8, 4) is 0 Å². The predicted molar refractivity (Wildman–Crippen MR) is 70.0 cm³/mol. The van der Waals surface area contributed by atoms with Gasteiger partial charge in [0, 0.05) is 17.8 Å². The molecule has 2 N–H and O–H groups in total. The van der Waals surface area contributed by atoms with Crippen LogP contribution in [0.25, 0.3) is 11.0 Å². The smallest absolute Gasteiger partial charge is 0.134 e. The summed E-state index contributed by atoms with van der Waals surface area (Å²) in [5.74, 6) is 0.997. The van der Waals surface area contributed by atoms with E-state index < -0.39 is 0 Å². The first-order valence-electron chi connectivity index (χ1n) is 5.52. The molecule has 0 aliphatic carbocycles. The van der Waals surface area contributed by atoms with Gasteiger partial charge in [-0.25, -0.2) is 0 Å². The molecule has 0 amide bonds. The minimum atomic E-state index is 0. The predicted octanol–water partition coefficient (Wildman–Crippen LogP) is 3.52. The minimum absolute atomic E-state index is 0. The Labute approximate surface area is 102 Å². The molecule has 2 aromatic rings. The Kier molecular flexibility index (Phi) is 4.84. The van der Waals surface area contributed by atoms with Gasteiger partial charge >= 0.3 is 0 Å². The molecule has 0 spiro atoms. The Morgan fingerprint density at radius 2 is 2.06 bits per heavy atom. The van der Waals surface area contributed by atoms with Crippen molar-refractivity contribution in [2.24, 2.45) is 5.73 Å². The first-order valence-corrected chi connectivity index (χ1v) is 5.52. The maximum Gasteiger partial charge on any atom is 0.134 e. The van der Waals surface area contributed by atoms with Gasteiger partial charge in [-0.15, -0.1) is 12.4 Å². The number of fused-ring (bicyclic) bond motifs is 1. The second-order valence-electron chi connectivity index (χ2n) is 4.00. The summed E-state index contributed by atoms with van der Waals surface area (Å²) in [7, 11) is 0. The fraction of sp³-hybridized carbons (Fsp3) is 0.385. The maximum atomic E-state index is 5.98. The highest BCUT2D eigenvalue weighted by molar-refractivity contribution is 5.85. The lowest BCUT2D eigenvalue weighted by molar-refractivity contribution is 0.497. The van der Waals surface area contributed by atoms with Crippen LogP contribution in [0, 0.1) is 0 Å². The Morgan fingerprint density at radius 1 is 1.31 bits per heavy atom. The van der Waals surface area contributed by atoms with Crippen molar-refractivity contribution in [3.05, 3.63) is 36.1 Å². The highest BCUT2D eigenvalue weighted by atomic mass is 35.5. The van der Waals surface area contributed by atoms with Crippen LogP contribution in [0.3, 0.4) is 0 Å². The number of furan rings is 1. The van der Waals surface area contributed by atoms with Gasteiger partial charge in [0.05, 0.1) is 0 Å². The number of benzene rings is 1. The summed E-state index contributed by atoms with van der Waals surface area (Å²) in [6.07, 6.45) is 3.01. The lowest BCUT2D eigenvalue weighted by atomic mass is 10.1. The van der Waals surface area contributed by atoms with Gasteiger partial charge in [0.15, 0.2) is 0 Å². The van der Waals surface area contributed by atoms with Gasteiger partial charge in [-0.1, -0.05) is 31.5 Å². The summed E-state index contributed by atoms with van der Waals surface area (Å²) >= 11 is 0. The largest absolute Gasteiger partial charge is 0.461 e. The molecule has 2 rings (SSSR count). The van der Waals surface area contributed by atoms with E-state index >= 15 is 0 Å². The lowest BCUT2D eigenvalue weighted by Crippen LogP contribution is -2.21. The molecule has 1 aromatic carbocycles. The average Bonchev–Trinajstić information content (AvgIpc) is 2.59. The molecule has 0 radical (unpaired) electrons. The van der Waals surface area contributed by atoms with Crippen LogP contribution in [0.15, 0.2) is 34.7 Å². The summed E-state index contributed by atoms with van der Waals surface area (Å²) in [5, 5.41) is 1.16. The zero-order chi connectivity index (χ0) is 10.7. The van der Waals surface area contributed by atoms with Crippen LogP contribution < -0.4 is 5.73 Å². The summed E-state index contributed by atoms with van der Waals surface area (Å²) in [4.78, 5) is 0. The average molecular weight is 240 g/mol. The van der Waals surface area contributed by atoms with Crippen LogP contribution in [0.2, 0.25) is 0 Å². The van der Waals surface area contributed by atoms with Crippen LogP contribution in [0.1, 0.15) is 25.5 Å². The minimum Gasteiger partial charge on any atom is -0.461 e. The molecule has 1 heterocycles. The number of para-hydroxylation sites is 1. The molecular formula is C13H18ClNO. The van der Waals surface area contributed by atoms with Crippen LogP contribution in [0.5, 0.6) is 0 Å². The fourth-order valence-corrected chi connectivity index (χ4v) is 1.87. The van der Waals surface area contributed by atoms with E-state index in [1.807, 2.05) is 18.2 Å². The van der Waals surface area contributed by atoms with Gasteiger partial charge in [-0.3, -0.25) is 0 Å². The molecule has 1 aromatic heterocycles. The second kappa shape index (κ2) is 5.92. The Hall–Kier alpha value is -0.990. The molecule has 0 saturated heterocycles. The van der Waals surface area contributed by atoms with E-state index in [-0.39, 0.29) is 18.4 Å². The monoisotopic (exact) mass is 239 g/mol. The number of hydrogen-bond donors (Lipinski definition) is 1. The summed E-state index contributed by atoms with van der Waals surface area (Å²) in [6, 6.07) is 10.4. The van der Waals surface area contributed by atoms with Gasteiger partial charge in [-0.05, 0) is 18.6 Å². The van der Waals surface area contributed by atoms with E-state index in [0.29, 0.717) is 0 Å². The fourth-order valence-electron chi connectivity index (χ4n) is 1.87. The third-order valence-corrected chi connectivity index (χ3v) is 2.60. The van der Waals surface area contributed by atoms with Gasteiger partial charge in [-0.2, -0.15) is 0 Å². The molecule has 0 fully saturated rings. The molecule has 3 heteroatoms. The molecular weight excluding hydrogens is 222 g/mol. The van der Waals surface area contributed by atoms with Gasteiger partial charge in [0.2, 0.25) is 0 Å². The third kappa shape index (κ3) is 3.00. The standard InChI is InChI=1S/C13H17NO.ClH/c1-2-5-11(14)9-12-8-10-6-3-4-7-13(10)15-12;/h3-4,6-8,11H,2,5,9,14H2,1H3;1H/t11-;/m0./s1. The molecule has 0 bridgehead atoms. The number of nitrogens with two attached hydrogens (primary N) is 1. The molecule has 0 unspecified atom stereocenters. The van der Waals surface area contributed by atoms with E-state index in [9.17, 15) is 0 Å². The first-order chi connectivity index (χ1) is 7.29. The van der Waals surface area contributed by atoms with Crippen molar-refractivity contribution in [1.29, 1.82) is 0 Å². The first kappa shape index (κ1) is 13.1. The normalized spacial score (nSPS) is 12.4. The highest BCUT2D eigenvalue weighted by Crippen LogP contribution is 2.20. The van der Waals surface area contributed by atoms with Crippen molar-refractivity contribution >= 4 is 23.4 Å². The number of halogens is 1. The zero-order valence-corrected chi connectivity index (χ0v) is 10.3. The Bertz CT molecular complexity index is 405.